The maximum atomic E-state index is 12.7. The van der Waals surface area contributed by atoms with Crippen molar-refractivity contribution >= 4 is 34.1 Å². The van der Waals surface area contributed by atoms with Crippen LogP contribution in [-0.2, 0) is 6.42 Å². The molecule has 112 valence electrons. The number of aryl methyl sites for hydroxylation is 1. The molecule has 3 nitrogen and oxygen atoms in total. The maximum Gasteiger partial charge on any atom is 0.196 e. The lowest BCUT2D eigenvalue weighted by Crippen LogP contribution is -2.14. The second-order valence-corrected chi connectivity index (χ2v) is 6.02. The largest absolute Gasteiger partial charge is 0.507 e. The first-order valence-electron chi connectivity index (χ1n) is 6.74. The van der Waals surface area contributed by atoms with Crippen molar-refractivity contribution in [2.45, 2.75) is 13.3 Å². The highest BCUT2D eigenvalue weighted by Gasteiger charge is 2.15. The van der Waals surface area contributed by atoms with Crippen molar-refractivity contribution in [3.05, 3.63) is 73.5 Å². The number of aromatic amines is 1. The molecule has 0 fully saturated rings. The number of pyridine rings is 1. The van der Waals surface area contributed by atoms with Crippen LogP contribution >= 0.6 is 23.2 Å². The van der Waals surface area contributed by atoms with Gasteiger partial charge in [0.15, 0.2) is 5.43 Å². The molecule has 0 saturated carbocycles. The van der Waals surface area contributed by atoms with E-state index in [0.29, 0.717) is 27.5 Å². The Balaban J connectivity index is 2.20. The third-order valence-corrected chi connectivity index (χ3v) is 4.26. The molecule has 1 aromatic heterocycles. The number of fused-ring (bicyclic) bond motifs is 1. The van der Waals surface area contributed by atoms with E-state index >= 15 is 0 Å². The van der Waals surface area contributed by atoms with E-state index in [2.05, 4.69) is 4.98 Å². The highest BCUT2D eigenvalue weighted by atomic mass is 35.5. The van der Waals surface area contributed by atoms with E-state index in [9.17, 15) is 9.90 Å². The molecule has 0 amide bonds. The average molecular weight is 334 g/mol. The van der Waals surface area contributed by atoms with Crippen molar-refractivity contribution < 1.29 is 5.11 Å². The summed E-state index contributed by atoms with van der Waals surface area (Å²) in [4.78, 5) is 15.9. The summed E-state index contributed by atoms with van der Waals surface area (Å²) in [5, 5.41) is 11.3. The van der Waals surface area contributed by atoms with Crippen molar-refractivity contribution in [3.8, 4) is 5.75 Å². The van der Waals surface area contributed by atoms with Gasteiger partial charge in [-0.1, -0.05) is 35.3 Å². The fourth-order valence-corrected chi connectivity index (χ4v) is 2.85. The van der Waals surface area contributed by atoms with E-state index in [1.165, 1.54) is 6.07 Å². The fraction of sp³-hybridized carbons (Fsp3) is 0.118. The lowest BCUT2D eigenvalue weighted by atomic mass is 10.0. The van der Waals surface area contributed by atoms with Gasteiger partial charge < -0.3 is 10.1 Å². The predicted octanol–water partition coefficient (Wildman–Crippen LogP) is 4.44. The van der Waals surface area contributed by atoms with Gasteiger partial charge in [0.05, 0.1) is 15.9 Å². The van der Waals surface area contributed by atoms with Crippen molar-refractivity contribution in [2.75, 3.05) is 0 Å². The Bertz CT molecular complexity index is 915. The molecular formula is C17H13Cl2NO2. The summed E-state index contributed by atoms with van der Waals surface area (Å²) in [6.07, 6.45) is 0.459. The standard InChI is InChI=1S/C17H13Cl2NO2/c1-9-12(8-10-2-4-11(18)5-3-10)17(22)15-14(21)7-6-13(19)16(15)20-9/h2-7,21H,8H2,1H3,(H,20,22). The summed E-state index contributed by atoms with van der Waals surface area (Å²) in [7, 11) is 0. The molecular weight excluding hydrogens is 321 g/mol. The van der Waals surface area contributed by atoms with Crippen LogP contribution in [0.4, 0.5) is 0 Å². The number of halogens is 2. The Labute approximate surface area is 137 Å². The predicted molar refractivity (Wildman–Crippen MR) is 90.2 cm³/mol. The molecule has 0 bridgehead atoms. The van der Waals surface area contributed by atoms with Gasteiger partial charge in [-0.05, 0) is 36.8 Å². The molecule has 1 heterocycles. The Hall–Kier alpha value is -1.97. The van der Waals surface area contributed by atoms with Gasteiger partial charge in [-0.3, -0.25) is 4.79 Å². The molecule has 22 heavy (non-hydrogen) atoms. The number of benzene rings is 2. The summed E-state index contributed by atoms with van der Waals surface area (Å²) in [5.74, 6) is -0.0713. The third kappa shape index (κ3) is 2.58. The van der Waals surface area contributed by atoms with E-state index in [4.69, 9.17) is 23.2 Å². The van der Waals surface area contributed by atoms with Gasteiger partial charge in [0, 0.05) is 22.7 Å². The van der Waals surface area contributed by atoms with Crippen LogP contribution in [0.1, 0.15) is 16.8 Å². The van der Waals surface area contributed by atoms with E-state index in [-0.39, 0.29) is 16.6 Å². The number of aromatic hydroxyl groups is 1. The normalized spacial score (nSPS) is 11.0. The van der Waals surface area contributed by atoms with Crippen LogP contribution in [0.2, 0.25) is 10.0 Å². The van der Waals surface area contributed by atoms with Gasteiger partial charge in [0.1, 0.15) is 5.75 Å². The zero-order valence-corrected chi connectivity index (χ0v) is 13.3. The van der Waals surface area contributed by atoms with Gasteiger partial charge in [-0.25, -0.2) is 0 Å². The van der Waals surface area contributed by atoms with Crippen LogP contribution in [0.3, 0.4) is 0 Å². The van der Waals surface area contributed by atoms with E-state index in [0.717, 1.165) is 11.3 Å². The van der Waals surface area contributed by atoms with Crippen molar-refractivity contribution in [1.82, 2.24) is 4.98 Å². The van der Waals surface area contributed by atoms with Crippen LogP contribution < -0.4 is 5.43 Å². The van der Waals surface area contributed by atoms with Crippen molar-refractivity contribution in [1.29, 1.82) is 0 Å². The summed E-state index contributed by atoms with van der Waals surface area (Å²) >= 11 is 12.0. The van der Waals surface area contributed by atoms with Crippen molar-refractivity contribution in [2.24, 2.45) is 0 Å². The lowest BCUT2D eigenvalue weighted by molar-refractivity contribution is 0.481. The SMILES string of the molecule is Cc1[nH]c2c(Cl)ccc(O)c2c(=O)c1Cc1ccc(Cl)cc1. The van der Waals surface area contributed by atoms with Crippen LogP contribution in [0.5, 0.6) is 5.75 Å². The minimum Gasteiger partial charge on any atom is -0.507 e. The number of hydrogen-bond acceptors (Lipinski definition) is 2. The molecule has 2 N–H and O–H groups in total. The van der Waals surface area contributed by atoms with Crippen LogP contribution in [0.25, 0.3) is 10.9 Å². The number of rotatable bonds is 2. The quantitative estimate of drug-likeness (QED) is 0.728. The fourth-order valence-electron chi connectivity index (χ4n) is 2.52. The molecule has 0 aliphatic carbocycles. The highest BCUT2D eigenvalue weighted by Crippen LogP contribution is 2.28. The number of phenols is 1. The molecule has 0 aliphatic rings. The van der Waals surface area contributed by atoms with E-state index in [1.54, 1.807) is 18.2 Å². The Morgan fingerprint density at radius 3 is 2.45 bits per heavy atom. The van der Waals surface area contributed by atoms with Crippen LogP contribution in [-0.4, -0.2) is 10.1 Å². The molecule has 0 atom stereocenters. The molecule has 5 heteroatoms. The number of hydrogen-bond donors (Lipinski definition) is 2. The first-order valence-corrected chi connectivity index (χ1v) is 7.50. The smallest absolute Gasteiger partial charge is 0.196 e. The molecule has 0 radical (unpaired) electrons. The van der Waals surface area contributed by atoms with Crippen molar-refractivity contribution in [3.63, 3.8) is 0 Å². The topological polar surface area (TPSA) is 53.1 Å². The second-order valence-electron chi connectivity index (χ2n) is 5.18. The molecule has 3 aromatic rings. The first-order chi connectivity index (χ1) is 10.5. The Morgan fingerprint density at radius 2 is 1.77 bits per heavy atom. The first kappa shape index (κ1) is 14.9. The minimum absolute atomic E-state index is 0.0713. The Morgan fingerprint density at radius 1 is 1.09 bits per heavy atom. The third-order valence-electron chi connectivity index (χ3n) is 3.69. The summed E-state index contributed by atoms with van der Waals surface area (Å²) in [5.41, 5.74) is 2.57. The van der Waals surface area contributed by atoms with Gasteiger partial charge in [0.2, 0.25) is 0 Å². The van der Waals surface area contributed by atoms with Crippen LogP contribution in [0, 0.1) is 6.92 Å². The zero-order chi connectivity index (χ0) is 15.9. The number of H-pyrrole nitrogens is 1. The molecule has 0 unspecified atom stereocenters. The minimum atomic E-state index is -0.207. The molecule has 0 saturated heterocycles. The molecule has 3 rings (SSSR count). The van der Waals surface area contributed by atoms with Gasteiger partial charge in [-0.15, -0.1) is 0 Å². The maximum absolute atomic E-state index is 12.7. The van der Waals surface area contributed by atoms with Gasteiger partial charge in [-0.2, -0.15) is 0 Å². The highest BCUT2D eigenvalue weighted by molar-refractivity contribution is 6.35. The molecule has 2 aromatic carbocycles. The summed E-state index contributed by atoms with van der Waals surface area (Å²) in [6, 6.07) is 10.3. The number of phenolic OH excluding ortho intramolecular Hbond substituents is 1. The lowest BCUT2D eigenvalue weighted by Gasteiger charge is -2.10. The van der Waals surface area contributed by atoms with Gasteiger partial charge in [0.25, 0.3) is 0 Å². The van der Waals surface area contributed by atoms with Gasteiger partial charge >= 0.3 is 0 Å². The monoisotopic (exact) mass is 333 g/mol. The average Bonchev–Trinajstić information content (AvgIpc) is 2.49. The summed E-state index contributed by atoms with van der Waals surface area (Å²) in [6.45, 7) is 1.83. The second kappa shape index (κ2) is 5.67. The van der Waals surface area contributed by atoms with Crippen LogP contribution in [0.15, 0.2) is 41.2 Å². The van der Waals surface area contributed by atoms with E-state index < -0.39 is 0 Å². The number of aromatic nitrogens is 1. The molecule has 0 aliphatic heterocycles. The number of nitrogens with one attached hydrogen (secondary N) is 1. The van der Waals surface area contributed by atoms with E-state index in [1.807, 2.05) is 19.1 Å². The summed E-state index contributed by atoms with van der Waals surface area (Å²) < 4.78 is 0. The Kier molecular flexibility index (Phi) is 3.85. The molecule has 0 spiro atoms. The zero-order valence-electron chi connectivity index (χ0n) is 11.8.